The van der Waals surface area contributed by atoms with E-state index in [4.69, 9.17) is 11.5 Å². The smallest absolute Gasteiger partial charge is 0.344 e. The van der Waals surface area contributed by atoms with Crippen molar-refractivity contribution in [2.24, 2.45) is 0 Å². The minimum atomic E-state index is -0.676. The molecule has 0 bridgehead atoms. The maximum absolute atomic E-state index is 11.4. The molecule has 6 heteroatoms. The zero-order valence-electron chi connectivity index (χ0n) is 8.73. The molecule has 1 aromatic carbocycles. The summed E-state index contributed by atoms with van der Waals surface area (Å²) in [6.45, 7) is -0.440. The van der Waals surface area contributed by atoms with E-state index in [0.29, 0.717) is 11.4 Å². The molecule has 0 aliphatic rings. The average Bonchev–Trinajstić information content (AvgIpc) is 2.23. The van der Waals surface area contributed by atoms with Gasteiger partial charge in [-0.05, 0) is 18.2 Å². The molecule has 0 heterocycles. The van der Waals surface area contributed by atoms with Crippen LogP contribution in [0.1, 0.15) is 10.4 Å². The van der Waals surface area contributed by atoms with Gasteiger partial charge >= 0.3 is 11.9 Å². The summed E-state index contributed by atoms with van der Waals surface area (Å²) in [6, 6.07) is 4.34. The van der Waals surface area contributed by atoms with E-state index in [2.05, 4.69) is 9.47 Å². The van der Waals surface area contributed by atoms with Gasteiger partial charge in [-0.25, -0.2) is 9.59 Å². The fraction of sp³-hybridized carbons (Fsp3) is 0.200. The van der Waals surface area contributed by atoms with Crippen LogP contribution < -0.4 is 11.5 Å². The van der Waals surface area contributed by atoms with Crippen molar-refractivity contribution < 1.29 is 19.1 Å². The van der Waals surface area contributed by atoms with E-state index in [1.807, 2.05) is 0 Å². The van der Waals surface area contributed by atoms with E-state index in [-0.39, 0.29) is 5.56 Å². The van der Waals surface area contributed by atoms with Gasteiger partial charge in [0.1, 0.15) is 0 Å². The zero-order valence-corrected chi connectivity index (χ0v) is 8.73. The first-order chi connectivity index (χ1) is 7.52. The molecule has 0 spiro atoms. The molecule has 0 saturated heterocycles. The number of hydrogen-bond donors (Lipinski definition) is 2. The Morgan fingerprint density at radius 3 is 2.25 bits per heavy atom. The van der Waals surface area contributed by atoms with Gasteiger partial charge in [0.25, 0.3) is 0 Å². The largest absolute Gasteiger partial charge is 0.466 e. The summed E-state index contributed by atoms with van der Waals surface area (Å²) < 4.78 is 8.98. The summed E-state index contributed by atoms with van der Waals surface area (Å²) in [5, 5.41) is 0. The summed E-state index contributed by atoms with van der Waals surface area (Å²) in [6.07, 6.45) is 0. The number of ether oxygens (including phenoxy) is 2. The van der Waals surface area contributed by atoms with Crippen LogP contribution in [0.5, 0.6) is 0 Å². The highest BCUT2D eigenvalue weighted by Gasteiger charge is 2.11. The topological polar surface area (TPSA) is 105 Å². The number of carbonyl (C=O) groups excluding carboxylic acids is 2. The van der Waals surface area contributed by atoms with Gasteiger partial charge in [-0.15, -0.1) is 0 Å². The molecule has 4 N–H and O–H groups in total. The Morgan fingerprint density at radius 2 is 1.75 bits per heavy atom. The van der Waals surface area contributed by atoms with Crippen molar-refractivity contribution in [1.82, 2.24) is 0 Å². The molecule has 1 aromatic rings. The van der Waals surface area contributed by atoms with Crippen LogP contribution in [-0.4, -0.2) is 25.7 Å². The molecule has 0 saturated carbocycles. The zero-order chi connectivity index (χ0) is 12.1. The Balaban J connectivity index is 2.69. The first kappa shape index (κ1) is 11.8. The van der Waals surface area contributed by atoms with Gasteiger partial charge < -0.3 is 20.9 Å². The molecule has 0 aliphatic carbocycles. The molecule has 0 aromatic heterocycles. The lowest BCUT2D eigenvalue weighted by Crippen LogP contribution is -2.15. The van der Waals surface area contributed by atoms with Crippen LogP contribution in [0, 0.1) is 0 Å². The number of benzene rings is 1. The Hall–Kier alpha value is -2.24. The number of hydrogen-bond acceptors (Lipinski definition) is 6. The van der Waals surface area contributed by atoms with Gasteiger partial charge in [-0.1, -0.05) is 0 Å². The fourth-order valence-electron chi connectivity index (χ4n) is 1.06. The summed E-state index contributed by atoms with van der Waals surface area (Å²) in [4.78, 5) is 22.2. The predicted molar refractivity (Wildman–Crippen MR) is 57.6 cm³/mol. The van der Waals surface area contributed by atoms with Crippen LogP contribution >= 0.6 is 0 Å². The SMILES string of the molecule is COC(=O)COC(=O)c1cc(N)cc(N)c1. The molecule has 0 aliphatic heterocycles. The molecule has 6 nitrogen and oxygen atoms in total. The van der Waals surface area contributed by atoms with Gasteiger partial charge in [-0.2, -0.15) is 0 Å². The van der Waals surface area contributed by atoms with Gasteiger partial charge in [0.05, 0.1) is 12.7 Å². The van der Waals surface area contributed by atoms with Crippen molar-refractivity contribution in [1.29, 1.82) is 0 Å². The maximum Gasteiger partial charge on any atom is 0.344 e. The van der Waals surface area contributed by atoms with Crippen molar-refractivity contribution in [3.05, 3.63) is 23.8 Å². The van der Waals surface area contributed by atoms with Gasteiger partial charge in [-0.3, -0.25) is 0 Å². The highest BCUT2D eigenvalue weighted by Crippen LogP contribution is 2.14. The van der Waals surface area contributed by atoms with E-state index < -0.39 is 18.5 Å². The predicted octanol–water partition coefficient (Wildman–Crippen LogP) is 0.181. The monoisotopic (exact) mass is 224 g/mol. The fourth-order valence-corrected chi connectivity index (χ4v) is 1.06. The minimum Gasteiger partial charge on any atom is -0.466 e. The molecular weight excluding hydrogens is 212 g/mol. The lowest BCUT2D eigenvalue weighted by atomic mass is 10.2. The third kappa shape index (κ3) is 3.16. The molecule has 0 radical (unpaired) electrons. The Morgan fingerprint density at radius 1 is 1.19 bits per heavy atom. The number of nitrogens with two attached hydrogens (primary N) is 2. The van der Waals surface area contributed by atoms with Gasteiger partial charge in [0.2, 0.25) is 0 Å². The highest BCUT2D eigenvalue weighted by molar-refractivity contribution is 5.92. The van der Waals surface area contributed by atoms with E-state index in [1.54, 1.807) is 0 Å². The van der Waals surface area contributed by atoms with Crippen molar-refractivity contribution in [2.45, 2.75) is 0 Å². The van der Waals surface area contributed by atoms with Crippen LogP contribution in [-0.2, 0) is 14.3 Å². The van der Waals surface area contributed by atoms with Crippen molar-refractivity contribution >= 4 is 23.3 Å². The molecule has 86 valence electrons. The van der Waals surface area contributed by atoms with Crippen LogP contribution in [0.3, 0.4) is 0 Å². The molecular formula is C10H12N2O4. The van der Waals surface area contributed by atoms with Crippen LogP contribution in [0.15, 0.2) is 18.2 Å². The van der Waals surface area contributed by atoms with E-state index in [9.17, 15) is 9.59 Å². The first-order valence-electron chi connectivity index (χ1n) is 4.43. The highest BCUT2D eigenvalue weighted by atomic mass is 16.6. The number of methoxy groups -OCH3 is 1. The maximum atomic E-state index is 11.4. The van der Waals surface area contributed by atoms with Crippen LogP contribution in [0.25, 0.3) is 0 Å². The third-order valence-corrected chi connectivity index (χ3v) is 1.76. The Bertz CT molecular complexity index is 397. The number of rotatable bonds is 3. The molecule has 1 rings (SSSR count). The van der Waals surface area contributed by atoms with E-state index in [1.165, 1.54) is 25.3 Å². The summed E-state index contributed by atoms with van der Waals surface area (Å²) in [5.74, 6) is -1.31. The van der Waals surface area contributed by atoms with Crippen molar-refractivity contribution in [2.75, 3.05) is 25.2 Å². The first-order valence-corrected chi connectivity index (χ1v) is 4.43. The van der Waals surface area contributed by atoms with Gasteiger partial charge in [0, 0.05) is 11.4 Å². The quantitative estimate of drug-likeness (QED) is 0.560. The number of esters is 2. The van der Waals surface area contributed by atoms with Crippen molar-refractivity contribution in [3.63, 3.8) is 0 Å². The second-order valence-corrected chi connectivity index (χ2v) is 3.04. The summed E-state index contributed by atoms with van der Waals surface area (Å²) in [7, 11) is 1.20. The lowest BCUT2D eigenvalue weighted by Gasteiger charge is -2.05. The van der Waals surface area contributed by atoms with E-state index >= 15 is 0 Å². The van der Waals surface area contributed by atoms with E-state index in [0.717, 1.165) is 0 Å². The molecule has 0 atom stereocenters. The Labute approximate surface area is 92.1 Å². The third-order valence-electron chi connectivity index (χ3n) is 1.76. The summed E-state index contributed by atoms with van der Waals surface area (Å²) in [5.41, 5.74) is 11.9. The molecule has 0 fully saturated rings. The van der Waals surface area contributed by atoms with Crippen LogP contribution in [0.4, 0.5) is 11.4 Å². The number of nitrogen functional groups attached to an aromatic ring is 2. The number of anilines is 2. The minimum absolute atomic E-state index is 0.196. The lowest BCUT2D eigenvalue weighted by molar-refractivity contribution is -0.144. The standard InChI is InChI=1S/C10H12N2O4/c1-15-9(13)5-16-10(14)6-2-7(11)4-8(12)3-6/h2-4H,5,11-12H2,1H3. The van der Waals surface area contributed by atoms with Crippen LogP contribution in [0.2, 0.25) is 0 Å². The second kappa shape index (κ2) is 5.01. The van der Waals surface area contributed by atoms with Crippen molar-refractivity contribution in [3.8, 4) is 0 Å². The summed E-state index contributed by atoms with van der Waals surface area (Å²) >= 11 is 0. The molecule has 0 amide bonds. The Kier molecular flexibility index (Phi) is 3.71. The second-order valence-electron chi connectivity index (χ2n) is 3.04. The normalized spacial score (nSPS) is 9.56. The number of carbonyl (C=O) groups is 2. The average molecular weight is 224 g/mol. The molecule has 16 heavy (non-hydrogen) atoms. The molecule has 0 unspecified atom stereocenters. The van der Waals surface area contributed by atoms with Gasteiger partial charge in [0.15, 0.2) is 6.61 Å².